The predicted molar refractivity (Wildman–Crippen MR) is 81.6 cm³/mol. The zero-order chi connectivity index (χ0) is 14.8. The second kappa shape index (κ2) is 5.75. The minimum absolute atomic E-state index is 0.0825. The Kier molecular flexibility index (Phi) is 4.23. The molecule has 0 amide bonds. The van der Waals surface area contributed by atoms with Crippen molar-refractivity contribution in [3.05, 3.63) is 47.0 Å². The van der Waals surface area contributed by atoms with Crippen molar-refractivity contribution in [1.29, 1.82) is 0 Å². The number of benzene rings is 1. The summed E-state index contributed by atoms with van der Waals surface area (Å²) in [6, 6.07) is 6.58. The van der Waals surface area contributed by atoms with Gasteiger partial charge in [0.05, 0.1) is 13.1 Å². The van der Waals surface area contributed by atoms with Gasteiger partial charge in [0.25, 0.3) is 0 Å². The summed E-state index contributed by atoms with van der Waals surface area (Å²) in [7, 11) is 0. The Morgan fingerprint density at radius 2 is 1.75 bits per heavy atom. The first-order valence-electron chi connectivity index (χ1n) is 7.02. The Labute approximate surface area is 121 Å². The molecule has 1 aromatic heterocycles. The lowest BCUT2D eigenvalue weighted by molar-refractivity contribution is 0.417. The number of hydrogen-bond donors (Lipinski definition) is 1. The smallest absolute Gasteiger partial charge is 0.164 e. The van der Waals surface area contributed by atoms with Gasteiger partial charge >= 0.3 is 0 Å². The molecule has 0 unspecified atom stereocenters. The van der Waals surface area contributed by atoms with Crippen molar-refractivity contribution >= 4 is 0 Å². The summed E-state index contributed by atoms with van der Waals surface area (Å²) in [5, 5.41) is 7.91. The Morgan fingerprint density at radius 1 is 1.10 bits per heavy atom. The fraction of sp³-hybridized carbons (Fsp3) is 0.500. The summed E-state index contributed by atoms with van der Waals surface area (Å²) < 4.78 is 1.90. The molecule has 4 heteroatoms. The maximum absolute atomic E-state index is 4.51. The van der Waals surface area contributed by atoms with Crippen LogP contribution in [0.15, 0.2) is 24.5 Å². The van der Waals surface area contributed by atoms with Crippen LogP contribution in [0.3, 0.4) is 0 Å². The van der Waals surface area contributed by atoms with Gasteiger partial charge in [0.2, 0.25) is 0 Å². The zero-order valence-corrected chi connectivity index (χ0v) is 13.1. The van der Waals surface area contributed by atoms with Crippen LogP contribution in [0.25, 0.3) is 0 Å². The molecule has 0 spiro atoms. The van der Waals surface area contributed by atoms with E-state index in [2.05, 4.69) is 68.2 Å². The molecular formula is C16H24N4. The lowest BCUT2D eigenvalue weighted by Crippen LogP contribution is -2.35. The largest absolute Gasteiger partial charge is 0.305 e. The molecule has 4 nitrogen and oxygen atoms in total. The van der Waals surface area contributed by atoms with Crippen LogP contribution in [0.2, 0.25) is 0 Å². The normalized spacial score (nSPS) is 11.8. The van der Waals surface area contributed by atoms with Gasteiger partial charge in [0, 0.05) is 5.54 Å². The average Bonchev–Trinajstić information content (AvgIpc) is 2.72. The minimum Gasteiger partial charge on any atom is -0.305 e. The Hall–Kier alpha value is -1.68. The van der Waals surface area contributed by atoms with E-state index < -0.39 is 0 Å². The highest BCUT2D eigenvalue weighted by Gasteiger charge is 2.10. The van der Waals surface area contributed by atoms with Gasteiger partial charge in [-0.3, -0.25) is 0 Å². The monoisotopic (exact) mass is 272 g/mol. The van der Waals surface area contributed by atoms with E-state index in [1.54, 1.807) is 6.33 Å². The molecule has 20 heavy (non-hydrogen) atoms. The van der Waals surface area contributed by atoms with Crippen LogP contribution in [0, 0.1) is 13.8 Å². The van der Waals surface area contributed by atoms with Gasteiger partial charge < -0.3 is 5.32 Å². The van der Waals surface area contributed by atoms with E-state index in [1.807, 2.05) is 4.68 Å². The van der Waals surface area contributed by atoms with Gasteiger partial charge in [-0.05, 0) is 40.2 Å². The van der Waals surface area contributed by atoms with E-state index >= 15 is 0 Å². The predicted octanol–water partition coefficient (Wildman–Crippen LogP) is 2.83. The summed E-state index contributed by atoms with van der Waals surface area (Å²) in [5.74, 6) is 0.837. The molecule has 0 atom stereocenters. The molecule has 2 aromatic rings. The Bertz CT molecular complexity index is 558. The summed E-state index contributed by atoms with van der Waals surface area (Å²) in [5.41, 5.74) is 3.92. The number of nitrogens with zero attached hydrogens (tertiary/aromatic N) is 3. The molecule has 0 bridgehead atoms. The molecule has 0 aliphatic carbocycles. The molecule has 1 heterocycles. The van der Waals surface area contributed by atoms with Crippen LogP contribution < -0.4 is 5.32 Å². The number of aromatic nitrogens is 3. The lowest BCUT2D eigenvalue weighted by Gasteiger charge is -2.19. The van der Waals surface area contributed by atoms with Crippen LogP contribution in [0.5, 0.6) is 0 Å². The third-order valence-corrected chi connectivity index (χ3v) is 2.99. The topological polar surface area (TPSA) is 42.7 Å². The number of hydrogen-bond acceptors (Lipinski definition) is 3. The van der Waals surface area contributed by atoms with E-state index in [-0.39, 0.29) is 5.54 Å². The van der Waals surface area contributed by atoms with Gasteiger partial charge in [-0.25, -0.2) is 9.67 Å². The lowest BCUT2D eigenvalue weighted by atomic mass is 10.1. The summed E-state index contributed by atoms with van der Waals surface area (Å²) in [4.78, 5) is 4.35. The van der Waals surface area contributed by atoms with Gasteiger partial charge in [-0.2, -0.15) is 5.10 Å². The summed E-state index contributed by atoms with van der Waals surface area (Å²) in [6.07, 6.45) is 1.80. The molecule has 0 aliphatic rings. The zero-order valence-electron chi connectivity index (χ0n) is 13.1. The van der Waals surface area contributed by atoms with Crippen LogP contribution >= 0.6 is 0 Å². The van der Waals surface area contributed by atoms with Gasteiger partial charge in [0.1, 0.15) is 6.33 Å². The minimum atomic E-state index is 0.0825. The standard InChI is InChI=1S/C16H24N4/c1-12-6-13(2)8-14(7-12)10-20-11-17-15(19-20)9-18-16(3,4)5/h6-8,11,18H,9-10H2,1-5H3. The highest BCUT2D eigenvalue weighted by Crippen LogP contribution is 2.10. The third-order valence-electron chi connectivity index (χ3n) is 2.99. The summed E-state index contributed by atoms with van der Waals surface area (Å²) >= 11 is 0. The van der Waals surface area contributed by atoms with Crippen molar-refractivity contribution < 1.29 is 0 Å². The average molecular weight is 272 g/mol. The van der Waals surface area contributed by atoms with Crippen molar-refractivity contribution in [1.82, 2.24) is 20.1 Å². The van der Waals surface area contributed by atoms with E-state index in [0.717, 1.165) is 12.4 Å². The Morgan fingerprint density at radius 3 is 2.35 bits per heavy atom. The van der Waals surface area contributed by atoms with Gasteiger partial charge in [-0.1, -0.05) is 29.3 Å². The van der Waals surface area contributed by atoms with Crippen LogP contribution in [0.1, 0.15) is 43.3 Å². The van der Waals surface area contributed by atoms with Gasteiger partial charge in [-0.15, -0.1) is 0 Å². The molecule has 0 fully saturated rings. The second-order valence-electron chi connectivity index (χ2n) is 6.46. The van der Waals surface area contributed by atoms with Crippen molar-refractivity contribution in [2.24, 2.45) is 0 Å². The SMILES string of the molecule is Cc1cc(C)cc(Cn2cnc(CNC(C)(C)C)n2)c1. The maximum atomic E-state index is 4.51. The first kappa shape index (κ1) is 14.7. The van der Waals surface area contributed by atoms with Crippen molar-refractivity contribution in [3.8, 4) is 0 Å². The quantitative estimate of drug-likeness (QED) is 0.930. The maximum Gasteiger partial charge on any atom is 0.164 e. The Balaban J connectivity index is 2.02. The molecule has 1 N–H and O–H groups in total. The number of aryl methyl sites for hydroxylation is 2. The van der Waals surface area contributed by atoms with E-state index in [1.165, 1.54) is 16.7 Å². The molecule has 2 rings (SSSR count). The second-order valence-corrected chi connectivity index (χ2v) is 6.46. The first-order chi connectivity index (χ1) is 9.32. The van der Waals surface area contributed by atoms with E-state index in [0.29, 0.717) is 6.54 Å². The first-order valence-corrected chi connectivity index (χ1v) is 7.02. The van der Waals surface area contributed by atoms with Crippen LogP contribution in [0.4, 0.5) is 0 Å². The number of nitrogens with one attached hydrogen (secondary N) is 1. The van der Waals surface area contributed by atoms with Gasteiger partial charge in [0.15, 0.2) is 5.82 Å². The van der Waals surface area contributed by atoms with E-state index in [9.17, 15) is 0 Å². The van der Waals surface area contributed by atoms with Crippen LogP contribution in [-0.2, 0) is 13.1 Å². The fourth-order valence-electron chi connectivity index (χ4n) is 2.18. The fourth-order valence-corrected chi connectivity index (χ4v) is 2.18. The molecule has 1 aromatic carbocycles. The van der Waals surface area contributed by atoms with E-state index in [4.69, 9.17) is 0 Å². The highest BCUT2D eigenvalue weighted by atomic mass is 15.3. The molecule has 108 valence electrons. The molecule has 0 radical (unpaired) electrons. The molecule has 0 saturated heterocycles. The van der Waals surface area contributed by atoms with Crippen molar-refractivity contribution in [3.63, 3.8) is 0 Å². The molecular weight excluding hydrogens is 248 g/mol. The van der Waals surface area contributed by atoms with Crippen molar-refractivity contribution in [2.75, 3.05) is 0 Å². The third kappa shape index (κ3) is 4.46. The van der Waals surface area contributed by atoms with Crippen LogP contribution in [-0.4, -0.2) is 20.3 Å². The number of rotatable bonds is 4. The van der Waals surface area contributed by atoms with Crippen molar-refractivity contribution in [2.45, 2.75) is 53.2 Å². The highest BCUT2D eigenvalue weighted by molar-refractivity contribution is 5.28. The molecule has 0 saturated carbocycles. The summed E-state index contributed by atoms with van der Waals surface area (Å²) in [6.45, 7) is 12.1. The molecule has 0 aliphatic heterocycles.